The summed E-state index contributed by atoms with van der Waals surface area (Å²) in [4.78, 5) is 0. The van der Waals surface area contributed by atoms with Gasteiger partial charge in [0, 0.05) is 22.5 Å². The Hall–Kier alpha value is -4.78. The fraction of sp³-hybridized carbons (Fsp3) is 0. The Bertz CT molecular complexity index is 1430. The molecule has 1 heterocycles. The van der Waals surface area contributed by atoms with Gasteiger partial charge in [-0.15, -0.1) is 0 Å². The van der Waals surface area contributed by atoms with Gasteiger partial charge in [-0.25, -0.2) is 0 Å². The van der Waals surface area contributed by atoms with E-state index in [1.165, 1.54) is 0 Å². The van der Waals surface area contributed by atoms with Crippen LogP contribution in [0.15, 0.2) is 109 Å². The van der Waals surface area contributed by atoms with Crippen molar-refractivity contribution in [1.82, 2.24) is 8.75 Å². The molecule has 0 amide bonds. The van der Waals surface area contributed by atoms with E-state index in [9.17, 15) is 0 Å². The standard InChI is InChI=1S/C16H8N4S.C12H11N/c17-9-11(10-18)8-13-6-7-14(12-4-2-1-3-5-12)16-15(13)19-21-20-16;1-3-7-11(8-4-1)13-12-9-5-2-6-10-12/h1-8H;1-10,13H. The van der Waals surface area contributed by atoms with Crippen molar-refractivity contribution in [2.24, 2.45) is 0 Å². The number of rotatable bonds is 4. The van der Waals surface area contributed by atoms with E-state index in [0.29, 0.717) is 5.52 Å². The van der Waals surface area contributed by atoms with Crippen LogP contribution in [0.3, 0.4) is 0 Å². The molecule has 6 heteroatoms. The van der Waals surface area contributed by atoms with E-state index in [0.717, 1.165) is 45.3 Å². The normalized spacial score (nSPS) is 9.71. The second-order valence-electron chi connectivity index (χ2n) is 7.17. The minimum Gasteiger partial charge on any atom is -0.356 e. The third kappa shape index (κ3) is 5.52. The predicted octanol–water partition coefficient (Wildman–Crippen LogP) is 7.22. The van der Waals surface area contributed by atoms with Crippen molar-refractivity contribution in [3.05, 3.63) is 114 Å². The number of allylic oxidation sites excluding steroid dienone is 1. The van der Waals surface area contributed by atoms with E-state index in [1.807, 2.05) is 115 Å². The highest BCUT2D eigenvalue weighted by Gasteiger charge is 2.11. The van der Waals surface area contributed by atoms with Crippen LogP contribution in [0.4, 0.5) is 11.4 Å². The van der Waals surface area contributed by atoms with Crippen molar-refractivity contribution >= 4 is 40.2 Å². The molecular formula is C28H19N5S. The van der Waals surface area contributed by atoms with E-state index in [2.05, 4.69) is 14.1 Å². The number of para-hydroxylation sites is 2. The number of anilines is 2. The summed E-state index contributed by atoms with van der Waals surface area (Å²) >= 11 is 1.12. The molecule has 0 fully saturated rings. The van der Waals surface area contributed by atoms with Gasteiger partial charge in [0.1, 0.15) is 28.7 Å². The molecule has 1 N–H and O–H groups in total. The van der Waals surface area contributed by atoms with E-state index in [-0.39, 0.29) is 5.57 Å². The molecule has 0 aliphatic rings. The molecule has 0 aliphatic carbocycles. The summed E-state index contributed by atoms with van der Waals surface area (Å²) in [6, 6.07) is 37.7. The Morgan fingerprint density at radius 3 is 1.76 bits per heavy atom. The fourth-order valence-electron chi connectivity index (χ4n) is 3.31. The van der Waals surface area contributed by atoms with Gasteiger partial charge in [0.05, 0.1) is 11.7 Å². The van der Waals surface area contributed by atoms with Crippen LogP contribution < -0.4 is 5.32 Å². The lowest BCUT2D eigenvalue weighted by Gasteiger charge is -2.04. The maximum absolute atomic E-state index is 8.87. The molecule has 5 rings (SSSR count). The summed E-state index contributed by atoms with van der Waals surface area (Å²) in [6.07, 6.45) is 1.54. The van der Waals surface area contributed by atoms with Crippen LogP contribution in [0, 0.1) is 22.7 Å². The van der Waals surface area contributed by atoms with Crippen molar-refractivity contribution in [2.75, 3.05) is 5.32 Å². The number of nitrogens with one attached hydrogen (secondary N) is 1. The van der Waals surface area contributed by atoms with Gasteiger partial charge in [0.25, 0.3) is 0 Å². The van der Waals surface area contributed by atoms with Crippen LogP contribution in [0.25, 0.3) is 28.2 Å². The molecule has 162 valence electrons. The van der Waals surface area contributed by atoms with Gasteiger partial charge < -0.3 is 5.32 Å². The molecule has 0 unspecified atom stereocenters. The second kappa shape index (κ2) is 11.2. The monoisotopic (exact) mass is 457 g/mol. The SMILES string of the molecule is N#CC(C#N)=Cc1ccc(-c2ccccc2)c2nsnc12.c1ccc(Nc2ccccc2)cc1. The predicted molar refractivity (Wildman–Crippen MR) is 138 cm³/mol. The number of hydrogen-bond donors (Lipinski definition) is 1. The summed E-state index contributed by atoms with van der Waals surface area (Å²) in [7, 11) is 0. The summed E-state index contributed by atoms with van der Waals surface area (Å²) in [5.41, 5.74) is 6.58. The third-order valence-electron chi connectivity index (χ3n) is 4.91. The highest BCUT2D eigenvalue weighted by atomic mass is 32.1. The lowest BCUT2D eigenvalue weighted by molar-refractivity contribution is 1.47. The number of benzene rings is 4. The molecule has 0 atom stereocenters. The number of fused-ring (bicyclic) bond motifs is 1. The Morgan fingerprint density at radius 2 is 1.21 bits per heavy atom. The molecule has 5 nitrogen and oxygen atoms in total. The fourth-order valence-corrected chi connectivity index (χ4v) is 3.89. The van der Waals surface area contributed by atoms with Crippen LogP contribution in [-0.2, 0) is 0 Å². The van der Waals surface area contributed by atoms with Gasteiger partial charge in [0.2, 0.25) is 0 Å². The second-order valence-corrected chi connectivity index (χ2v) is 7.70. The van der Waals surface area contributed by atoms with Crippen LogP contribution in [0.1, 0.15) is 5.56 Å². The summed E-state index contributed by atoms with van der Waals surface area (Å²) in [5, 5.41) is 21.0. The quantitative estimate of drug-likeness (QED) is 0.288. The zero-order valence-corrected chi connectivity index (χ0v) is 18.9. The lowest BCUT2D eigenvalue weighted by Crippen LogP contribution is -1.87. The van der Waals surface area contributed by atoms with E-state index >= 15 is 0 Å². The molecule has 0 aliphatic heterocycles. The summed E-state index contributed by atoms with van der Waals surface area (Å²) in [5.74, 6) is 0. The minimum atomic E-state index is 0.0526. The van der Waals surface area contributed by atoms with Gasteiger partial charge >= 0.3 is 0 Å². The third-order valence-corrected chi connectivity index (χ3v) is 5.44. The Labute approximate surface area is 202 Å². The summed E-state index contributed by atoms with van der Waals surface area (Å²) < 4.78 is 8.64. The number of hydrogen-bond acceptors (Lipinski definition) is 6. The average Bonchev–Trinajstić information content (AvgIpc) is 3.40. The van der Waals surface area contributed by atoms with Crippen molar-refractivity contribution in [2.45, 2.75) is 0 Å². The van der Waals surface area contributed by atoms with Crippen LogP contribution >= 0.6 is 11.7 Å². The van der Waals surface area contributed by atoms with Gasteiger partial charge in [0.15, 0.2) is 0 Å². The van der Waals surface area contributed by atoms with Crippen LogP contribution in [-0.4, -0.2) is 8.75 Å². The molecular weight excluding hydrogens is 438 g/mol. The van der Waals surface area contributed by atoms with E-state index in [1.54, 1.807) is 6.08 Å². The zero-order chi connectivity index (χ0) is 23.6. The van der Waals surface area contributed by atoms with Gasteiger partial charge in [-0.1, -0.05) is 78.9 Å². The Morgan fingerprint density at radius 1 is 0.676 bits per heavy atom. The molecule has 0 bridgehead atoms. The largest absolute Gasteiger partial charge is 0.356 e. The maximum atomic E-state index is 8.87. The van der Waals surface area contributed by atoms with Crippen molar-refractivity contribution in [3.63, 3.8) is 0 Å². The first-order valence-electron chi connectivity index (χ1n) is 10.5. The molecule has 5 aromatic rings. The van der Waals surface area contributed by atoms with Crippen molar-refractivity contribution in [3.8, 4) is 23.3 Å². The molecule has 0 saturated heterocycles. The van der Waals surface area contributed by atoms with Gasteiger partial charge in [-0.2, -0.15) is 19.3 Å². The molecule has 4 aromatic carbocycles. The zero-order valence-electron chi connectivity index (χ0n) is 18.1. The van der Waals surface area contributed by atoms with Gasteiger partial charge in [-0.3, -0.25) is 0 Å². The minimum absolute atomic E-state index is 0.0526. The van der Waals surface area contributed by atoms with Crippen LogP contribution in [0.2, 0.25) is 0 Å². The van der Waals surface area contributed by atoms with Crippen LogP contribution in [0.5, 0.6) is 0 Å². The topological polar surface area (TPSA) is 85.4 Å². The van der Waals surface area contributed by atoms with Crippen molar-refractivity contribution in [1.29, 1.82) is 10.5 Å². The molecule has 34 heavy (non-hydrogen) atoms. The molecule has 0 radical (unpaired) electrons. The molecule has 0 spiro atoms. The van der Waals surface area contributed by atoms with E-state index < -0.39 is 0 Å². The highest BCUT2D eigenvalue weighted by molar-refractivity contribution is 7.00. The first-order valence-corrected chi connectivity index (χ1v) is 11.2. The molecule has 1 aromatic heterocycles. The smallest absolute Gasteiger partial charge is 0.130 e. The average molecular weight is 458 g/mol. The van der Waals surface area contributed by atoms with E-state index in [4.69, 9.17) is 10.5 Å². The Balaban J connectivity index is 0.000000180. The van der Waals surface area contributed by atoms with Gasteiger partial charge in [-0.05, 0) is 35.9 Å². The first-order chi connectivity index (χ1) is 16.8. The molecule has 0 saturated carbocycles. The number of nitriles is 2. The maximum Gasteiger partial charge on any atom is 0.130 e. The highest BCUT2D eigenvalue weighted by Crippen LogP contribution is 2.30. The van der Waals surface area contributed by atoms with Crippen molar-refractivity contribution < 1.29 is 0 Å². The first kappa shape index (κ1) is 22.4. The lowest BCUT2D eigenvalue weighted by atomic mass is 10.0. The Kier molecular flexibility index (Phi) is 7.38. The summed E-state index contributed by atoms with van der Waals surface area (Å²) in [6.45, 7) is 0. The number of nitrogens with zero attached hydrogens (tertiary/aromatic N) is 4. The number of aromatic nitrogens is 2.